The van der Waals surface area contributed by atoms with Crippen molar-refractivity contribution < 1.29 is 13.2 Å². The van der Waals surface area contributed by atoms with E-state index in [2.05, 4.69) is 10.3 Å². The van der Waals surface area contributed by atoms with Crippen molar-refractivity contribution in [1.82, 2.24) is 14.9 Å². The molecule has 0 fully saturated rings. The summed E-state index contributed by atoms with van der Waals surface area (Å²) in [6.45, 7) is 4.13. The van der Waals surface area contributed by atoms with Crippen LogP contribution >= 0.6 is 11.3 Å². The Bertz CT molecular complexity index is 1040. The first kappa shape index (κ1) is 20.3. The average molecular weight is 418 g/mol. The molecule has 0 unspecified atom stereocenters. The van der Waals surface area contributed by atoms with Crippen LogP contribution in [0.3, 0.4) is 0 Å². The van der Waals surface area contributed by atoms with Crippen molar-refractivity contribution in [3.63, 3.8) is 0 Å². The number of rotatable bonds is 8. The Labute approximate surface area is 169 Å². The Morgan fingerprint density at radius 1 is 1.21 bits per heavy atom. The number of benzene rings is 1. The highest BCUT2D eigenvalue weighted by Crippen LogP contribution is 2.22. The maximum Gasteiger partial charge on any atom is 0.253 e. The Morgan fingerprint density at radius 3 is 2.64 bits per heavy atom. The molecule has 0 saturated carbocycles. The summed E-state index contributed by atoms with van der Waals surface area (Å²) in [5.74, 6) is -0.131. The van der Waals surface area contributed by atoms with Gasteiger partial charge in [-0.15, -0.1) is 11.3 Å². The largest absolute Gasteiger partial charge is 0.352 e. The van der Waals surface area contributed by atoms with Crippen molar-refractivity contribution in [3.05, 3.63) is 70.5 Å². The first-order valence-electron chi connectivity index (χ1n) is 8.99. The van der Waals surface area contributed by atoms with Crippen molar-refractivity contribution >= 4 is 27.1 Å². The van der Waals surface area contributed by atoms with Crippen LogP contribution in [-0.4, -0.2) is 36.2 Å². The summed E-state index contributed by atoms with van der Waals surface area (Å²) in [7, 11) is -3.20. The van der Waals surface area contributed by atoms with Crippen LogP contribution in [0.2, 0.25) is 0 Å². The average Bonchev–Trinajstić information content (AvgIpc) is 3.27. The number of thiazole rings is 1. The molecule has 0 aliphatic heterocycles. The van der Waals surface area contributed by atoms with Gasteiger partial charge in [0.25, 0.3) is 5.91 Å². The molecule has 3 aromatic rings. The smallest absolute Gasteiger partial charge is 0.253 e. The molecule has 2 aromatic heterocycles. The van der Waals surface area contributed by atoms with Crippen LogP contribution in [0, 0.1) is 13.8 Å². The summed E-state index contributed by atoms with van der Waals surface area (Å²) < 4.78 is 26.4. The number of carbonyl (C=O) groups excluding carboxylic acids is 1. The van der Waals surface area contributed by atoms with Crippen LogP contribution in [-0.2, 0) is 15.6 Å². The summed E-state index contributed by atoms with van der Waals surface area (Å²) >= 11 is 1.51. The minimum absolute atomic E-state index is 0.0246. The van der Waals surface area contributed by atoms with Gasteiger partial charge in [-0.1, -0.05) is 30.3 Å². The minimum Gasteiger partial charge on any atom is -0.352 e. The number of aromatic nitrogens is 2. The highest BCUT2D eigenvalue weighted by molar-refractivity contribution is 7.90. The van der Waals surface area contributed by atoms with Gasteiger partial charge in [-0.25, -0.2) is 13.4 Å². The molecule has 0 bridgehead atoms. The maximum absolute atomic E-state index is 12.5. The second kappa shape index (κ2) is 8.70. The van der Waals surface area contributed by atoms with Gasteiger partial charge in [0.1, 0.15) is 0 Å². The van der Waals surface area contributed by atoms with E-state index >= 15 is 0 Å². The van der Waals surface area contributed by atoms with E-state index in [-0.39, 0.29) is 17.4 Å². The van der Waals surface area contributed by atoms with Crippen molar-refractivity contribution in [2.24, 2.45) is 0 Å². The zero-order chi connectivity index (χ0) is 20.1. The van der Waals surface area contributed by atoms with E-state index in [0.717, 1.165) is 22.1 Å². The van der Waals surface area contributed by atoms with Crippen LogP contribution in [0.5, 0.6) is 0 Å². The number of amides is 1. The molecule has 0 spiro atoms. The molecule has 0 atom stereocenters. The van der Waals surface area contributed by atoms with Crippen LogP contribution in [0.15, 0.2) is 48.0 Å². The predicted molar refractivity (Wildman–Crippen MR) is 112 cm³/mol. The van der Waals surface area contributed by atoms with Crippen molar-refractivity contribution in [3.8, 4) is 5.13 Å². The van der Waals surface area contributed by atoms with Gasteiger partial charge in [0.05, 0.1) is 17.1 Å². The molecule has 6 nitrogen and oxygen atoms in total. The molecule has 28 heavy (non-hydrogen) atoms. The molecule has 148 valence electrons. The third-order valence-electron chi connectivity index (χ3n) is 4.43. The van der Waals surface area contributed by atoms with Crippen LogP contribution in [0.1, 0.15) is 33.7 Å². The van der Waals surface area contributed by atoms with Crippen LogP contribution < -0.4 is 5.32 Å². The molecular formula is C20H23N3O3S2. The lowest BCUT2D eigenvalue weighted by atomic mass is 10.2. The van der Waals surface area contributed by atoms with Gasteiger partial charge < -0.3 is 5.32 Å². The fourth-order valence-corrected chi connectivity index (χ4v) is 5.28. The van der Waals surface area contributed by atoms with Crippen molar-refractivity contribution in [2.45, 2.75) is 26.0 Å². The molecule has 1 aromatic carbocycles. The van der Waals surface area contributed by atoms with Gasteiger partial charge in [0, 0.05) is 29.5 Å². The Hall–Kier alpha value is -2.45. The summed E-state index contributed by atoms with van der Waals surface area (Å²) in [6, 6.07) is 10.9. The number of hydrogen-bond donors (Lipinski definition) is 1. The number of carbonyl (C=O) groups is 1. The Balaban J connectivity index is 1.54. The highest BCUT2D eigenvalue weighted by atomic mass is 32.2. The quantitative estimate of drug-likeness (QED) is 0.570. The summed E-state index contributed by atoms with van der Waals surface area (Å²) in [4.78, 5) is 16.8. The molecule has 3 rings (SSSR count). The number of aryl methyl sites for hydroxylation is 1. The molecule has 8 heteroatoms. The Kier molecular flexibility index (Phi) is 6.31. The molecule has 0 aliphatic rings. The minimum atomic E-state index is -3.20. The highest BCUT2D eigenvalue weighted by Gasteiger charge is 2.18. The van der Waals surface area contributed by atoms with E-state index in [9.17, 15) is 13.2 Å². The second-order valence-electron chi connectivity index (χ2n) is 6.62. The first-order chi connectivity index (χ1) is 13.4. The van der Waals surface area contributed by atoms with E-state index in [1.165, 1.54) is 11.3 Å². The summed E-state index contributed by atoms with van der Waals surface area (Å²) in [5, 5.41) is 5.54. The second-order valence-corrected chi connectivity index (χ2v) is 9.68. The van der Waals surface area contributed by atoms with Gasteiger partial charge >= 0.3 is 0 Å². The molecule has 1 N–H and O–H groups in total. The van der Waals surface area contributed by atoms with E-state index in [1.54, 1.807) is 18.3 Å². The molecule has 2 heterocycles. The topological polar surface area (TPSA) is 81.1 Å². The number of nitrogens with one attached hydrogen (secondary N) is 1. The molecule has 0 saturated heterocycles. The normalized spacial score (nSPS) is 11.5. The van der Waals surface area contributed by atoms with E-state index in [1.807, 2.05) is 48.1 Å². The van der Waals surface area contributed by atoms with Crippen LogP contribution in [0.4, 0.5) is 0 Å². The lowest BCUT2D eigenvalue weighted by molar-refractivity contribution is 0.0953. The SMILES string of the molecule is Cc1cc(C(=O)NCCCS(=O)(=O)Cc2ccccc2)c(C)n1-c1nccs1. The third kappa shape index (κ3) is 4.88. The molecular weight excluding hydrogens is 394 g/mol. The summed E-state index contributed by atoms with van der Waals surface area (Å²) in [6.07, 6.45) is 2.11. The summed E-state index contributed by atoms with van der Waals surface area (Å²) in [5.41, 5.74) is 3.12. The van der Waals surface area contributed by atoms with E-state index in [0.29, 0.717) is 18.5 Å². The maximum atomic E-state index is 12.5. The van der Waals surface area contributed by atoms with Gasteiger partial charge in [-0.05, 0) is 31.9 Å². The van der Waals surface area contributed by atoms with E-state index in [4.69, 9.17) is 0 Å². The Morgan fingerprint density at radius 2 is 1.96 bits per heavy atom. The number of hydrogen-bond acceptors (Lipinski definition) is 5. The van der Waals surface area contributed by atoms with Gasteiger partial charge in [-0.2, -0.15) is 0 Å². The first-order valence-corrected chi connectivity index (χ1v) is 11.7. The molecule has 0 aliphatic carbocycles. The fourth-order valence-electron chi connectivity index (χ4n) is 3.10. The lowest BCUT2D eigenvalue weighted by Crippen LogP contribution is -2.26. The van der Waals surface area contributed by atoms with Crippen molar-refractivity contribution in [2.75, 3.05) is 12.3 Å². The monoisotopic (exact) mass is 417 g/mol. The van der Waals surface area contributed by atoms with Crippen molar-refractivity contribution in [1.29, 1.82) is 0 Å². The molecule has 1 amide bonds. The van der Waals surface area contributed by atoms with E-state index < -0.39 is 9.84 Å². The standard InChI is InChI=1S/C20H23N3O3S2/c1-15-13-18(16(2)23(15)20-22-10-11-27-20)19(24)21-9-6-12-28(25,26)14-17-7-4-3-5-8-17/h3-5,7-8,10-11,13H,6,9,12,14H2,1-2H3,(H,21,24). The lowest BCUT2D eigenvalue weighted by Gasteiger charge is -2.08. The van der Waals surface area contributed by atoms with Gasteiger partial charge in [0.15, 0.2) is 15.0 Å². The van der Waals surface area contributed by atoms with Gasteiger partial charge in [0.2, 0.25) is 0 Å². The predicted octanol–water partition coefficient (Wildman–Crippen LogP) is 3.29. The molecule has 0 radical (unpaired) electrons. The zero-order valence-corrected chi connectivity index (χ0v) is 17.5. The number of nitrogens with zero attached hydrogens (tertiary/aromatic N) is 2. The number of sulfone groups is 1. The third-order valence-corrected chi connectivity index (χ3v) is 6.87. The van der Waals surface area contributed by atoms with Gasteiger partial charge in [-0.3, -0.25) is 9.36 Å². The zero-order valence-electron chi connectivity index (χ0n) is 15.9. The van der Waals surface area contributed by atoms with Crippen LogP contribution in [0.25, 0.3) is 5.13 Å². The fraction of sp³-hybridized carbons (Fsp3) is 0.300.